The minimum atomic E-state index is -0.632. The average Bonchev–Trinajstić information content (AvgIpc) is 2.78. The Morgan fingerprint density at radius 2 is 1.68 bits per heavy atom. The van der Waals surface area contributed by atoms with Crippen LogP contribution >= 0.6 is 0 Å². The van der Waals surface area contributed by atoms with E-state index in [4.69, 9.17) is 4.74 Å². The van der Waals surface area contributed by atoms with Crippen LogP contribution < -0.4 is 5.32 Å². The second kappa shape index (κ2) is 13.9. The summed E-state index contributed by atoms with van der Waals surface area (Å²) in [7, 11) is 1.75. The molecule has 196 valence electrons. The smallest absolute Gasteiger partial charge is 0.333 e. The van der Waals surface area contributed by atoms with E-state index >= 15 is 0 Å². The van der Waals surface area contributed by atoms with Crippen molar-refractivity contribution in [2.75, 3.05) is 20.2 Å². The van der Waals surface area contributed by atoms with Crippen LogP contribution in [0.25, 0.3) is 0 Å². The second-order valence-electron chi connectivity index (χ2n) is 10.6. The first-order valence-electron chi connectivity index (χ1n) is 13.0. The Morgan fingerprint density at radius 1 is 1.06 bits per heavy atom. The fourth-order valence-electron chi connectivity index (χ4n) is 4.71. The number of nitrogens with one attached hydrogen (secondary N) is 1. The van der Waals surface area contributed by atoms with E-state index in [0.717, 1.165) is 25.8 Å². The topological polar surface area (TPSA) is 79.0 Å². The van der Waals surface area contributed by atoms with Gasteiger partial charge in [0, 0.05) is 25.2 Å². The maximum atomic E-state index is 13.6. The van der Waals surface area contributed by atoms with Gasteiger partial charge in [-0.05, 0) is 58.3 Å². The summed E-state index contributed by atoms with van der Waals surface area (Å²) in [5.74, 6) is 0.0424. The van der Waals surface area contributed by atoms with Crippen LogP contribution in [0.4, 0.5) is 0 Å². The largest absolute Gasteiger partial charge is 0.463 e. The summed E-state index contributed by atoms with van der Waals surface area (Å²) in [5, 5.41) is 3.09. The highest BCUT2D eigenvalue weighted by Crippen LogP contribution is 2.26. The fraction of sp³-hybridized carbons (Fsp3) is 0.815. The lowest BCUT2D eigenvalue weighted by atomic mass is 9.89. The van der Waals surface area contributed by atoms with Crippen LogP contribution in [-0.4, -0.2) is 72.0 Å². The number of hydrogen-bond acceptors (Lipinski definition) is 5. The molecule has 2 amide bonds. The number of nitrogens with zero attached hydrogens (tertiary/aromatic N) is 2. The molecular weight excluding hydrogens is 430 g/mol. The van der Waals surface area contributed by atoms with Gasteiger partial charge in [0.1, 0.15) is 6.04 Å². The van der Waals surface area contributed by atoms with Gasteiger partial charge >= 0.3 is 5.97 Å². The Kier molecular flexibility index (Phi) is 12.3. The van der Waals surface area contributed by atoms with Crippen LogP contribution in [-0.2, 0) is 19.1 Å². The van der Waals surface area contributed by atoms with E-state index in [9.17, 15) is 14.4 Å². The maximum absolute atomic E-state index is 13.6. The molecule has 0 aliphatic carbocycles. The number of piperidine rings is 1. The SMILES string of the molecule is CCOC(=O)/C(C)=C/[C@H](C(C)C)N(C)C(=O)[C@@H](NC(=O)C1CC[C@@H](CC)CN1C(C)C)C(C)C. The Morgan fingerprint density at radius 3 is 2.15 bits per heavy atom. The van der Waals surface area contributed by atoms with E-state index in [1.807, 2.05) is 27.7 Å². The van der Waals surface area contributed by atoms with E-state index in [1.54, 1.807) is 31.9 Å². The quantitative estimate of drug-likeness (QED) is 0.358. The number of carbonyl (C=O) groups is 3. The average molecular weight is 480 g/mol. The van der Waals surface area contributed by atoms with Crippen LogP contribution in [0.1, 0.15) is 81.6 Å². The van der Waals surface area contributed by atoms with Crippen LogP contribution in [0.15, 0.2) is 11.6 Å². The summed E-state index contributed by atoms with van der Waals surface area (Å²) >= 11 is 0. The van der Waals surface area contributed by atoms with Crippen LogP contribution in [0.2, 0.25) is 0 Å². The van der Waals surface area contributed by atoms with Gasteiger partial charge < -0.3 is 15.0 Å². The van der Waals surface area contributed by atoms with Crippen molar-refractivity contribution in [3.05, 3.63) is 11.6 Å². The predicted molar refractivity (Wildman–Crippen MR) is 137 cm³/mol. The van der Waals surface area contributed by atoms with Gasteiger partial charge in [-0.3, -0.25) is 14.5 Å². The molecule has 4 atom stereocenters. The highest BCUT2D eigenvalue weighted by Gasteiger charge is 2.37. The van der Waals surface area contributed by atoms with Gasteiger partial charge in [0.05, 0.1) is 18.7 Å². The number of esters is 1. The van der Waals surface area contributed by atoms with E-state index in [2.05, 4.69) is 31.0 Å². The number of carbonyl (C=O) groups excluding carboxylic acids is 3. The number of likely N-dealkylation sites (tertiary alicyclic amines) is 1. The van der Waals surface area contributed by atoms with Crippen molar-refractivity contribution in [2.45, 2.75) is 106 Å². The molecular formula is C27H49N3O4. The minimum Gasteiger partial charge on any atom is -0.463 e. The third-order valence-corrected chi connectivity index (χ3v) is 6.99. The summed E-state index contributed by atoms with van der Waals surface area (Å²) < 4.78 is 5.10. The summed E-state index contributed by atoms with van der Waals surface area (Å²) in [6, 6.07) is -0.869. The molecule has 7 heteroatoms. The molecule has 1 aliphatic rings. The van der Waals surface area contributed by atoms with Gasteiger partial charge in [-0.15, -0.1) is 0 Å². The van der Waals surface area contributed by atoms with Gasteiger partial charge in [0.25, 0.3) is 0 Å². The first-order valence-corrected chi connectivity index (χ1v) is 13.0. The van der Waals surface area contributed by atoms with Crippen LogP contribution in [0.5, 0.6) is 0 Å². The van der Waals surface area contributed by atoms with Crippen LogP contribution in [0, 0.1) is 17.8 Å². The normalized spacial score (nSPS) is 21.5. The zero-order valence-electron chi connectivity index (χ0n) is 23.2. The summed E-state index contributed by atoms with van der Waals surface area (Å²) in [6.45, 7) is 19.1. The maximum Gasteiger partial charge on any atom is 0.333 e. The summed E-state index contributed by atoms with van der Waals surface area (Å²) in [4.78, 5) is 43.1. The van der Waals surface area contributed by atoms with Crippen molar-refractivity contribution in [1.82, 2.24) is 15.1 Å². The third-order valence-electron chi connectivity index (χ3n) is 6.99. The van der Waals surface area contributed by atoms with Crippen molar-refractivity contribution >= 4 is 17.8 Å². The monoisotopic (exact) mass is 479 g/mol. The highest BCUT2D eigenvalue weighted by molar-refractivity contribution is 5.91. The number of amides is 2. The van der Waals surface area contributed by atoms with Gasteiger partial charge in [-0.2, -0.15) is 0 Å². The molecule has 0 aromatic rings. The lowest BCUT2D eigenvalue weighted by Gasteiger charge is -2.42. The molecule has 1 fully saturated rings. The molecule has 1 rings (SSSR count). The van der Waals surface area contributed by atoms with Crippen molar-refractivity contribution in [2.24, 2.45) is 17.8 Å². The molecule has 1 N–H and O–H groups in total. The zero-order valence-corrected chi connectivity index (χ0v) is 23.2. The summed E-state index contributed by atoms with van der Waals surface area (Å²) in [6.07, 6.45) is 4.76. The molecule has 34 heavy (non-hydrogen) atoms. The van der Waals surface area contributed by atoms with Crippen molar-refractivity contribution < 1.29 is 19.1 Å². The first kappa shape index (κ1) is 30.1. The number of hydrogen-bond donors (Lipinski definition) is 1. The number of ether oxygens (including phenoxy) is 1. The lowest BCUT2D eigenvalue weighted by molar-refractivity contribution is -0.141. The molecule has 0 spiro atoms. The van der Waals surface area contributed by atoms with E-state index in [0.29, 0.717) is 18.1 Å². The zero-order chi connectivity index (χ0) is 26.2. The minimum absolute atomic E-state index is 0.0666. The van der Waals surface area contributed by atoms with E-state index in [1.165, 1.54) is 0 Å². The Balaban J connectivity index is 3.07. The molecule has 1 heterocycles. The first-order chi connectivity index (χ1) is 15.8. The van der Waals surface area contributed by atoms with Crippen LogP contribution in [0.3, 0.4) is 0 Å². The van der Waals surface area contributed by atoms with Gasteiger partial charge in [-0.25, -0.2) is 4.79 Å². The standard InChI is InChI=1S/C27H49N3O4/c1-11-21-13-14-22(30(16-21)19(7)8)25(31)28-24(18(5)6)26(32)29(10)23(17(3)4)15-20(9)27(33)34-12-2/h15,17-19,21-24H,11-14,16H2,1-10H3,(H,28,31)/b20-15+/t21-,22?,23-,24+/m1/s1. The molecule has 1 unspecified atom stereocenters. The van der Waals surface area contributed by atoms with Gasteiger partial charge in [-0.1, -0.05) is 47.1 Å². The van der Waals surface area contributed by atoms with Crippen molar-refractivity contribution in [1.29, 1.82) is 0 Å². The Hall–Kier alpha value is -1.89. The number of likely N-dealkylation sites (N-methyl/N-ethyl adjacent to an activating group) is 1. The molecule has 0 radical (unpaired) electrons. The molecule has 1 saturated heterocycles. The second-order valence-corrected chi connectivity index (χ2v) is 10.6. The third kappa shape index (κ3) is 8.10. The summed E-state index contributed by atoms with van der Waals surface area (Å²) in [5.41, 5.74) is 0.477. The molecule has 0 aromatic heterocycles. The van der Waals surface area contributed by atoms with Crippen molar-refractivity contribution in [3.63, 3.8) is 0 Å². The molecule has 0 bridgehead atoms. The molecule has 0 aromatic carbocycles. The molecule has 1 aliphatic heterocycles. The molecule has 7 nitrogen and oxygen atoms in total. The molecule has 0 saturated carbocycles. The fourth-order valence-corrected chi connectivity index (χ4v) is 4.71. The van der Waals surface area contributed by atoms with Gasteiger partial charge in [0.2, 0.25) is 11.8 Å². The Bertz CT molecular complexity index is 717. The van der Waals surface area contributed by atoms with E-state index in [-0.39, 0.29) is 47.7 Å². The van der Waals surface area contributed by atoms with Crippen molar-refractivity contribution in [3.8, 4) is 0 Å². The lowest BCUT2D eigenvalue weighted by Crippen LogP contribution is -2.59. The predicted octanol–water partition coefficient (Wildman–Crippen LogP) is 4.02. The van der Waals surface area contributed by atoms with E-state index < -0.39 is 6.04 Å². The Labute approximate surface area is 207 Å². The number of rotatable bonds is 11. The highest BCUT2D eigenvalue weighted by atomic mass is 16.5. The van der Waals surface area contributed by atoms with Gasteiger partial charge in [0.15, 0.2) is 0 Å².